The zero-order valence-corrected chi connectivity index (χ0v) is 17.0. The van der Waals surface area contributed by atoms with Crippen LogP contribution in [0.3, 0.4) is 0 Å². The van der Waals surface area contributed by atoms with Crippen LogP contribution >= 0.6 is 0 Å². The van der Waals surface area contributed by atoms with Gasteiger partial charge in [-0.15, -0.1) is 0 Å². The van der Waals surface area contributed by atoms with Crippen LogP contribution in [-0.4, -0.2) is 19.7 Å². The van der Waals surface area contributed by atoms with E-state index < -0.39 is 15.6 Å². The molecule has 1 N–H and O–H groups in total. The molecule has 0 fully saturated rings. The molecule has 0 spiro atoms. The van der Waals surface area contributed by atoms with E-state index in [0.29, 0.717) is 6.42 Å². The molecule has 3 aromatic carbocycles. The average Bonchev–Trinajstić information content (AvgIpc) is 2.95. The third-order valence-electron chi connectivity index (χ3n) is 5.27. The molecular formula is C24H25NO2S. The lowest BCUT2D eigenvalue weighted by molar-refractivity contribution is 0.449. The van der Waals surface area contributed by atoms with Crippen molar-refractivity contribution in [1.29, 1.82) is 0 Å². The Bertz CT molecular complexity index is 1040. The largest absolute Gasteiger partial charge is 0.213 e. The fourth-order valence-corrected chi connectivity index (χ4v) is 6.06. The summed E-state index contributed by atoms with van der Waals surface area (Å²) in [5, 5.41) is 0. The van der Waals surface area contributed by atoms with Gasteiger partial charge in [0.2, 0.25) is 10.0 Å². The average molecular weight is 392 g/mol. The predicted octanol–water partition coefficient (Wildman–Crippen LogP) is 4.74. The van der Waals surface area contributed by atoms with Crippen molar-refractivity contribution in [3.8, 4) is 11.1 Å². The van der Waals surface area contributed by atoms with E-state index in [2.05, 4.69) is 16.9 Å². The molecule has 0 unspecified atom stereocenters. The molecule has 144 valence electrons. The molecule has 1 aliphatic carbocycles. The van der Waals surface area contributed by atoms with E-state index in [-0.39, 0.29) is 11.7 Å². The van der Waals surface area contributed by atoms with Crippen LogP contribution in [0.1, 0.15) is 36.5 Å². The highest BCUT2D eigenvalue weighted by Crippen LogP contribution is 2.45. The molecule has 3 nitrogen and oxygen atoms in total. The van der Waals surface area contributed by atoms with Gasteiger partial charge in [-0.25, -0.2) is 13.1 Å². The van der Waals surface area contributed by atoms with Crippen LogP contribution in [0.5, 0.6) is 0 Å². The molecular weight excluding hydrogens is 366 g/mol. The lowest BCUT2D eigenvalue weighted by Crippen LogP contribution is -2.46. The summed E-state index contributed by atoms with van der Waals surface area (Å²) >= 11 is 0. The molecule has 0 heterocycles. The summed E-state index contributed by atoms with van der Waals surface area (Å²) in [5.41, 5.74) is 5.03. The maximum Gasteiger partial charge on any atom is 0.213 e. The quantitative estimate of drug-likeness (QED) is 0.660. The molecule has 1 aliphatic rings. The van der Waals surface area contributed by atoms with Crippen LogP contribution in [0, 0.1) is 0 Å². The zero-order chi connectivity index (χ0) is 19.8. The van der Waals surface area contributed by atoms with Crippen LogP contribution in [0.15, 0.2) is 78.9 Å². The topological polar surface area (TPSA) is 46.2 Å². The smallest absolute Gasteiger partial charge is 0.212 e. The molecule has 0 aliphatic heterocycles. The molecule has 3 aromatic rings. The molecule has 4 heteroatoms. The van der Waals surface area contributed by atoms with Gasteiger partial charge in [-0.1, -0.05) is 78.9 Å². The van der Waals surface area contributed by atoms with Crippen molar-refractivity contribution in [2.24, 2.45) is 0 Å². The van der Waals surface area contributed by atoms with Crippen molar-refractivity contribution < 1.29 is 8.42 Å². The Labute approximate surface area is 167 Å². The molecule has 0 atom stereocenters. The third kappa shape index (κ3) is 3.89. The summed E-state index contributed by atoms with van der Waals surface area (Å²) < 4.78 is 29.1. The number of nitrogens with one attached hydrogen (secondary N) is 1. The van der Waals surface area contributed by atoms with Crippen LogP contribution in [-0.2, 0) is 16.4 Å². The molecule has 28 heavy (non-hydrogen) atoms. The number of hydrogen-bond acceptors (Lipinski definition) is 2. The van der Waals surface area contributed by atoms with Gasteiger partial charge in [0, 0.05) is 11.5 Å². The fourth-order valence-electron chi connectivity index (χ4n) is 4.26. The monoisotopic (exact) mass is 391 g/mol. The number of fused-ring (bicyclic) bond motifs is 3. The molecule has 0 bridgehead atoms. The Morgan fingerprint density at radius 2 is 1.29 bits per heavy atom. The van der Waals surface area contributed by atoms with Crippen molar-refractivity contribution in [2.75, 3.05) is 5.75 Å². The lowest BCUT2D eigenvalue weighted by atomic mass is 9.96. The molecule has 0 saturated carbocycles. The van der Waals surface area contributed by atoms with Gasteiger partial charge in [-0.2, -0.15) is 0 Å². The molecule has 0 amide bonds. The maximum atomic E-state index is 13.1. The van der Waals surface area contributed by atoms with E-state index in [1.54, 1.807) is 0 Å². The van der Waals surface area contributed by atoms with Crippen LogP contribution in [0.4, 0.5) is 0 Å². The van der Waals surface area contributed by atoms with Crippen LogP contribution < -0.4 is 4.72 Å². The van der Waals surface area contributed by atoms with E-state index >= 15 is 0 Å². The summed E-state index contributed by atoms with van der Waals surface area (Å²) in [5.74, 6) is -0.0865. The second-order valence-corrected chi connectivity index (χ2v) is 9.92. The van der Waals surface area contributed by atoms with Gasteiger partial charge >= 0.3 is 0 Å². The van der Waals surface area contributed by atoms with Gasteiger partial charge < -0.3 is 0 Å². The summed E-state index contributed by atoms with van der Waals surface area (Å²) in [6.07, 6.45) is 0.644. The molecule has 0 saturated heterocycles. The first kappa shape index (κ1) is 18.9. The summed E-state index contributed by atoms with van der Waals surface area (Å²) in [4.78, 5) is 0. The molecule has 4 rings (SSSR count). The third-order valence-corrected chi connectivity index (χ3v) is 6.91. The Morgan fingerprint density at radius 1 is 0.786 bits per heavy atom. The normalized spacial score (nSPS) is 13.9. The number of rotatable bonds is 6. The highest BCUT2D eigenvalue weighted by atomic mass is 32.2. The zero-order valence-electron chi connectivity index (χ0n) is 16.2. The summed E-state index contributed by atoms with van der Waals surface area (Å²) in [6, 6.07) is 26.2. The Morgan fingerprint density at radius 3 is 1.86 bits per heavy atom. The fraction of sp³-hybridized carbons (Fsp3) is 0.250. The first-order valence-corrected chi connectivity index (χ1v) is 11.2. The van der Waals surface area contributed by atoms with E-state index in [1.807, 2.05) is 80.6 Å². The van der Waals surface area contributed by atoms with Crippen molar-refractivity contribution in [1.82, 2.24) is 4.72 Å². The van der Waals surface area contributed by atoms with E-state index in [9.17, 15) is 8.42 Å². The van der Waals surface area contributed by atoms with Gasteiger partial charge in [-0.05, 0) is 48.1 Å². The maximum absolute atomic E-state index is 13.1. The number of sulfonamides is 1. The number of hydrogen-bond donors (Lipinski definition) is 1. The summed E-state index contributed by atoms with van der Waals surface area (Å²) in [6.45, 7) is 3.88. The SMILES string of the molecule is CC(C)(Cc1ccccc1)NS(=O)(=O)CC1c2ccccc2-c2ccccc21. The molecule has 0 radical (unpaired) electrons. The minimum atomic E-state index is -3.48. The van der Waals surface area contributed by atoms with Gasteiger partial charge in [0.05, 0.1) is 5.75 Å². The van der Waals surface area contributed by atoms with Gasteiger partial charge in [0.15, 0.2) is 0 Å². The molecule has 0 aromatic heterocycles. The first-order valence-electron chi connectivity index (χ1n) is 9.58. The van der Waals surface area contributed by atoms with Gasteiger partial charge in [-0.3, -0.25) is 0 Å². The van der Waals surface area contributed by atoms with Crippen molar-refractivity contribution in [2.45, 2.75) is 31.7 Å². The Balaban J connectivity index is 1.58. The van der Waals surface area contributed by atoms with Crippen molar-refractivity contribution in [3.05, 3.63) is 95.6 Å². The lowest BCUT2D eigenvalue weighted by Gasteiger charge is -2.27. The first-order chi connectivity index (χ1) is 13.3. The predicted molar refractivity (Wildman–Crippen MR) is 115 cm³/mol. The van der Waals surface area contributed by atoms with Crippen LogP contribution in [0.25, 0.3) is 11.1 Å². The Hall–Kier alpha value is -2.43. The van der Waals surface area contributed by atoms with E-state index in [0.717, 1.165) is 27.8 Å². The Kier molecular flexibility index (Phi) is 4.86. The van der Waals surface area contributed by atoms with E-state index in [4.69, 9.17) is 0 Å². The number of benzene rings is 3. The summed E-state index contributed by atoms with van der Waals surface area (Å²) in [7, 11) is -3.48. The second-order valence-electron chi connectivity index (χ2n) is 8.16. The van der Waals surface area contributed by atoms with Crippen molar-refractivity contribution >= 4 is 10.0 Å². The van der Waals surface area contributed by atoms with Gasteiger partial charge in [0.25, 0.3) is 0 Å². The highest BCUT2D eigenvalue weighted by molar-refractivity contribution is 7.89. The van der Waals surface area contributed by atoms with Gasteiger partial charge in [0.1, 0.15) is 0 Å². The minimum Gasteiger partial charge on any atom is -0.212 e. The highest BCUT2D eigenvalue weighted by Gasteiger charge is 2.34. The van der Waals surface area contributed by atoms with Crippen molar-refractivity contribution in [3.63, 3.8) is 0 Å². The minimum absolute atomic E-state index is 0.0548. The standard InChI is InChI=1S/C24H25NO2S/c1-24(2,16-18-10-4-3-5-11-18)25-28(26,27)17-23-21-14-8-6-12-19(21)20-13-7-9-15-22(20)23/h3-15,23,25H,16-17H2,1-2H3. The van der Waals surface area contributed by atoms with Crippen LogP contribution in [0.2, 0.25) is 0 Å². The van der Waals surface area contributed by atoms with E-state index in [1.165, 1.54) is 0 Å². The second kappa shape index (κ2) is 7.19.